The molecule has 0 saturated heterocycles. The van der Waals surface area contributed by atoms with Crippen LogP contribution in [0.1, 0.15) is 32.8 Å². The molecule has 40 heavy (non-hydrogen) atoms. The smallest absolute Gasteiger partial charge is 0.447 e. The summed E-state index contributed by atoms with van der Waals surface area (Å²) in [7, 11) is -4.75. The molecule has 216 valence electrons. The maximum absolute atomic E-state index is 13.9. The average molecular weight is 597 g/mol. The van der Waals surface area contributed by atoms with Gasteiger partial charge < -0.3 is 14.5 Å². The van der Waals surface area contributed by atoms with Crippen LogP contribution >= 0.6 is 19.4 Å². The molecule has 14 heteroatoms. The number of aromatic nitrogens is 1. The van der Waals surface area contributed by atoms with E-state index in [1.165, 1.54) is 24.1 Å². The van der Waals surface area contributed by atoms with Crippen molar-refractivity contribution < 1.29 is 37.6 Å². The zero-order valence-corrected chi connectivity index (χ0v) is 23.8. The van der Waals surface area contributed by atoms with Gasteiger partial charge in [-0.2, -0.15) is 0 Å². The third-order valence-electron chi connectivity index (χ3n) is 5.86. The Labute approximate surface area is 235 Å². The number of rotatable bonds is 12. The van der Waals surface area contributed by atoms with Crippen LogP contribution in [0.25, 0.3) is 10.8 Å². The summed E-state index contributed by atoms with van der Waals surface area (Å²) < 4.78 is 35.3. The second kappa shape index (κ2) is 13.5. The number of halogens is 2. The van der Waals surface area contributed by atoms with Gasteiger partial charge in [0, 0.05) is 25.1 Å². The fourth-order valence-corrected chi connectivity index (χ4v) is 4.71. The van der Waals surface area contributed by atoms with E-state index >= 15 is 0 Å². The van der Waals surface area contributed by atoms with E-state index in [0.717, 1.165) is 10.8 Å². The second-order valence-electron chi connectivity index (χ2n) is 9.86. The summed E-state index contributed by atoms with van der Waals surface area (Å²) in [5, 5.41) is 5.41. The fourth-order valence-electron chi connectivity index (χ4n) is 4.00. The Morgan fingerprint density at radius 1 is 1.18 bits per heavy atom. The van der Waals surface area contributed by atoms with Crippen molar-refractivity contribution in [3.05, 3.63) is 71.1 Å². The molecule has 0 unspecified atom stereocenters. The Morgan fingerprint density at radius 2 is 1.88 bits per heavy atom. The summed E-state index contributed by atoms with van der Waals surface area (Å²) in [6.07, 6.45) is 0.877. The van der Waals surface area contributed by atoms with Crippen LogP contribution in [0, 0.1) is 11.2 Å². The number of phosphoric acid groups is 1. The first-order chi connectivity index (χ1) is 18.7. The SMILES string of the molecule is CC(=O)N(NCc1cccc(F)c1Cl)[C@H](COC(=O)Nc1cc2ccccc2cn1)CC(C)(C)COP(=O)(O)O. The molecule has 2 amide bonds. The topological polar surface area (TPSA) is 150 Å². The summed E-state index contributed by atoms with van der Waals surface area (Å²) in [5.41, 5.74) is 2.41. The van der Waals surface area contributed by atoms with Crippen molar-refractivity contribution in [2.75, 3.05) is 18.5 Å². The van der Waals surface area contributed by atoms with E-state index in [1.807, 2.05) is 24.3 Å². The number of hydrogen-bond donors (Lipinski definition) is 4. The number of pyridine rings is 1. The molecule has 0 aliphatic heterocycles. The molecule has 1 heterocycles. The van der Waals surface area contributed by atoms with E-state index in [1.54, 1.807) is 32.2 Å². The monoisotopic (exact) mass is 596 g/mol. The molecule has 1 atom stereocenters. The minimum Gasteiger partial charge on any atom is -0.447 e. The molecule has 0 aliphatic rings. The molecule has 0 radical (unpaired) electrons. The van der Waals surface area contributed by atoms with E-state index in [4.69, 9.17) is 26.1 Å². The molecule has 3 rings (SSSR count). The minimum absolute atomic E-state index is 0.0285. The number of carbonyl (C=O) groups is 2. The molecular formula is C26H31ClFN4O7P. The predicted octanol–water partition coefficient (Wildman–Crippen LogP) is 5.02. The average Bonchev–Trinajstić information content (AvgIpc) is 2.87. The Bertz CT molecular complexity index is 1400. The number of carbonyl (C=O) groups excluding carboxylic acids is 2. The number of anilines is 1. The van der Waals surface area contributed by atoms with Gasteiger partial charge in [0.25, 0.3) is 0 Å². The molecule has 1 aromatic heterocycles. The molecule has 0 spiro atoms. The van der Waals surface area contributed by atoms with E-state index < -0.39 is 37.1 Å². The number of fused-ring (bicyclic) bond motifs is 1. The summed E-state index contributed by atoms with van der Waals surface area (Å²) in [5.74, 6) is -0.813. The van der Waals surface area contributed by atoms with Crippen molar-refractivity contribution in [1.29, 1.82) is 0 Å². The van der Waals surface area contributed by atoms with Crippen LogP contribution in [0.4, 0.5) is 15.0 Å². The van der Waals surface area contributed by atoms with E-state index in [0.29, 0.717) is 5.56 Å². The van der Waals surface area contributed by atoms with E-state index in [-0.39, 0.29) is 37.0 Å². The van der Waals surface area contributed by atoms with Gasteiger partial charge in [0.05, 0.1) is 17.7 Å². The normalized spacial score (nSPS) is 12.7. The molecule has 2 aromatic carbocycles. The Morgan fingerprint density at radius 3 is 2.55 bits per heavy atom. The summed E-state index contributed by atoms with van der Waals surface area (Å²) in [6, 6.07) is 12.6. The summed E-state index contributed by atoms with van der Waals surface area (Å²) in [6.45, 7) is 3.96. The highest BCUT2D eigenvalue weighted by Gasteiger charge is 2.32. The fraction of sp³-hybridized carbons (Fsp3) is 0.346. The largest absolute Gasteiger partial charge is 0.469 e. The van der Waals surface area contributed by atoms with Crippen LogP contribution < -0.4 is 10.7 Å². The highest BCUT2D eigenvalue weighted by Crippen LogP contribution is 2.39. The van der Waals surface area contributed by atoms with Gasteiger partial charge in [-0.3, -0.25) is 19.6 Å². The molecular weight excluding hydrogens is 566 g/mol. The van der Waals surface area contributed by atoms with Gasteiger partial charge in [0.15, 0.2) is 0 Å². The molecule has 0 bridgehead atoms. The Hall–Kier alpha value is -3.12. The van der Waals surface area contributed by atoms with Gasteiger partial charge in [0.2, 0.25) is 5.91 Å². The van der Waals surface area contributed by atoms with Gasteiger partial charge >= 0.3 is 13.9 Å². The third-order valence-corrected chi connectivity index (χ3v) is 6.74. The van der Waals surface area contributed by atoms with Crippen LogP contribution in [-0.4, -0.2) is 51.0 Å². The lowest BCUT2D eigenvalue weighted by atomic mass is 9.86. The lowest BCUT2D eigenvalue weighted by Crippen LogP contribution is -2.52. The second-order valence-corrected chi connectivity index (χ2v) is 11.5. The molecule has 11 nitrogen and oxygen atoms in total. The van der Waals surface area contributed by atoms with Crippen molar-refractivity contribution in [1.82, 2.24) is 15.4 Å². The van der Waals surface area contributed by atoms with Gasteiger partial charge in [0.1, 0.15) is 18.2 Å². The third kappa shape index (κ3) is 9.51. The first-order valence-corrected chi connectivity index (χ1v) is 14.1. The number of phosphoric ester groups is 1. The Kier molecular flexibility index (Phi) is 10.6. The predicted molar refractivity (Wildman–Crippen MR) is 148 cm³/mol. The number of hydrazine groups is 1. The number of hydrogen-bond acceptors (Lipinski definition) is 7. The van der Waals surface area contributed by atoms with Crippen LogP contribution in [0.15, 0.2) is 54.7 Å². The van der Waals surface area contributed by atoms with Crippen LogP contribution in [-0.2, 0) is 25.2 Å². The lowest BCUT2D eigenvalue weighted by Gasteiger charge is -2.36. The van der Waals surface area contributed by atoms with Crippen LogP contribution in [0.2, 0.25) is 5.02 Å². The number of nitrogens with zero attached hydrogens (tertiary/aromatic N) is 2. The minimum atomic E-state index is -4.75. The lowest BCUT2D eigenvalue weighted by molar-refractivity contribution is -0.137. The first kappa shape index (κ1) is 31.4. The van der Waals surface area contributed by atoms with Crippen molar-refractivity contribution in [3.8, 4) is 0 Å². The van der Waals surface area contributed by atoms with Crippen molar-refractivity contribution >= 4 is 48.0 Å². The number of nitrogens with one attached hydrogen (secondary N) is 2. The van der Waals surface area contributed by atoms with Crippen LogP contribution in [0.3, 0.4) is 0 Å². The van der Waals surface area contributed by atoms with Gasteiger partial charge in [-0.15, -0.1) is 0 Å². The molecule has 0 aliphatic carbocycles. The maximum Gasteiger partial charge on any atom is 0.469 e. The number of amides is 2. The van der Waals surface area contributed by atoms with Crippen molar-refractivity contribution in [3.63, 3.8) is 0 Å². The quantitative estimate of drug-likeness (QED) is 0.167. The molecule has 4 N–H and O–H groups in total. The highest BCUT2D eigenvalue weighted by molar-refractivity contribution is 7.46. The Balaban J connectivity index is 1.76. The zero-order valence-electron chi connectivity index (χ0n) is 22.1. The molecule has 3 aromatic rings. The number of benzene rings is 2. The summed E-state index contributed by atoms with van der Waals surface area (Å²) in [4.78, 5) is 47.8. The van der Waals surface area contributed by atoms with Crippen molar-refractivity contribution in [2.45, 2.75) is 39.8 Å². The van der Waals surface area contributed by atoms with Gasteiger partial charge in [-0.1, -0.05) is 61.8 Å². The standard InChI is InChI=1S/C26H31ClFN4O7P/c1-17(33)32(30-14-20-9-6-10-22(28)24(20)27)21(12-26(2,3)16-39-40(35,36)37)15-38-25(34)31-23-11-18-7-4-5-8-19(18)13-29-23/h4-11,13,21,30H,12,14-16H2,1-3H3,(H,29,31,34)(H2,35,36,37)/t21-/m0/s1. The first-order valence-electron chi connectivity index (χ1n) is 12.2. The number of ether oxygens (including phenoxy) is 1. The molecule has 0 fully saturated rings. The zero-order chi connectivity index (χ0) is 29.5. The van der Waals surface area contributed by atoms with Crippen LogP contribution in [0.5, 0.6) is 0 Å². The molecule has 0 saturated carbocycles. The van der Waals surface area contributed by atoms with Gasteiger partial charge in [-0.25, -0.2) is 24.2 Å². The van der Waals surface area contributed by atoms with Crippen molar-refractivity contribution in [2.24, 2.45) is 5.41 Å². The highest BCUT2D eigenvalue weighted by atomic mass is 35.5. The maximum atomic E-state index is 13.9. The van der Waals surface area contributed by atoms with Gasteiger partial charge in [-0.05, 0) is 34.9 Å². The van der Waals surface area contributed by atoms with E-state index in [9.17, 15) is 18.5 Å². The van der Waals surface area contributed by atoms with E-state index in [2.05, 4.69) is 20.3 Å². The summed E-state index contributed by atoms with van der Waals surface area (Å²) >= 11 is 6.05.